The van der Waals surface area contributed by atoms with Crippen molar-refractivity contribution in [1.82, 2.24) is 10.2 Å². The van der Waals surface area contributed by atoms with Gasteiger partial charge in [0.15, 0.2) is 0 Å². The lowest BCUT2D eigenvalue weighted by Crippen LogP contribution is -2.51. The van der Waals surface area contributed by atoms with Gasteiger partial charge in [-0.25, -0.2) is 4.79 Å². The zero-order valence-electron chi connectivity index (χ0n) is 19.6. The molecule has 2 bridgehead atoms. The van der Waals surface area contributed by atoms with Gasteiger partial charge in [-0.1, -0.05) is 48.5 Å². The Labute approximate surface area is 204 Å². The van der Waals surface area contributed by atoms with Crippen molar-refractivity contribution in [3.63, 3.8) is 0 Å². The summed E-state index contributed by atoms with van der Waals surface area (Å²) in [6.45, 7) is 1.53. The van der Waals surface area contributed by atoms with Gasteiger partial charge in [-0.15, -0.1) is 0 Å². The Morgan fingerprint density at radius 3 is 2.06 bits per heavy atom. The summed E-state index contributed by atoms with van der Waals surface area (Å²) < 4.78 is 5.63. The third kappa shape index (κ3) is 3.77. The Bertz CT molecular complexity index is 1130. The molecule has 1 aliphatic heterocycles. The lowest BCUT2D eigenvalue weighted by atomic mass is 9.84. The predicted molar refractivity (Wildman–Crippen MR) is 129 cm³/mol. The molecular weight excluding hydrogens is 444 g/mol. The number of benzene rings is 2. The van der Waals surface area contributed by atoms with Gasteiger partial charge in [0.25, 0.3) is 0 Å². The van der Waals surface area contributed by atoms with Crippen molar-refractivity contribution in [1.29, 1.82) is 0 Å². The average molecular weight is 475 g/mol. The van der Waals surface area contributed by atoms with E-state index in [0.29, 0.717) is 13.1 Å². The number of hydrogen-bond acceptors (Lipinski definition) is 4. The first-order chi connectivity index (χ1) is 17.0. The van der Waals surface area contributed by atoms with Gasteiger partial charge in [0.2, 0.25) is 5.91 Å². The minimum Gasteiger partial charge on any atom is -0.481 e. The summed E-state index contributed by atoms with van der Waals surface area (Å²) in [5.74, 6) is -0.925. The Balaban J connectivity index is 1.05. The summed E-state index contributed by atoms with van der Waals surface area (Å²) in [4.78, 5) is 39.4. The molecule has 4 aliphatic rings. The van der Waals surface area contributed by atoms with Crippen LogP contribution >= 0.6 is 0 Å². The summed E-state index contributed by atoms with van der Waals surface area (Å²) in [6.07, 6.45) is 2.72. The van der Waals surface area contributed by atoms with Gasteiger partial charge in [0, 0.05) is 25.6 Å². The number of nitrogens with one attached hydrogen (secondary N) is 1. The number of rotatable bonds is 6. The molecule has 2 N–H and O–H groups in total. The molecule has 7 nitrogen and oxygen atoms in total. The third-order valence-corrected chi connectivity index (χ3v) is 8.63. The molecule has 3 fully saturated rings. The highest BCUT2D eigenvalue weighted by atomic mass is 16.5. The summed E-state index contributed by atoms with van der Waals surface area (Å²) >= 11 is 0. The van der Waals surface area contributed by atoms with Crippen molar-refractivity contribution in [3.8, 4) is 11.1 Å². The van der Waals surface area contributed by atoms with Gasteiger partial charge in [0.05, 0.1) is 11.3 Å². The number of carbonyl (C=O) groups is 3. The molecule has 2 aromatic carbocycles. The lowest BCUT2D eigenvalue weighted by molar-refractivity contribution is -0.151. The molecule has 2 atom stereocenters. The molecule has 3 aliphatic carbocycles. The van der Waals surface area contributed by atoms with Crippen LogP contribution in [0.3, 0.4) is 0 Å². The molecule has 0 radical (unpaired) electrons. The molecule has 0 aromatic heterocycles. The van der Waals surface area contributed by atoms with E-state index < -0.39 is 17.5 Å². The topological polar surface area (TPSA) is 95.9 Å². The maximum Gasteiger partial charge on any atom is 0.407 e. The van der Waals surface area contributed by atoms with Crippen molar-refractivity contribution in [2.24, 2.45) is 23.2 Å². The van der Waals surface area contributed by atoms with Gasteiger partial charge in [-0.2, -0.15) is 0 Å². The molecule has 2 saturated carbocycles. The minimum atomic E-state index is -0.734. The normalized spacial score (nSPS) is 25.5. The van der Waals surface area contributed by atoms with Crippen LogP contribution in [-0.2, 0) is 14.3 Å². The van der Waals surface area contributed by atoms with E-state index in [2.05, 4.69) is 29.6 Å². The highest BCUT2D eigenvalue weighted by Crippen LogP contribution is 2.50. The molecule has 1 heterocycles. The second kappa shape index (κ2) is 8.40. The van der Waals surface area contributed by atoms with Crippen molar-refractivity contribution < 1.29 is 24.2 Å². The predicted octanol–water partition coefficient (Wildman–Crippen LogP) is 3.87. The molecule has 0 spiro atoms. The van der Waals surface area contributed by atoms with Crippen LogP contribution in [0.1, 0.15) is 42.7 Å². The van der Waals surface area contributed by atoms with Gasteiger partial charge in [0.1, 0.15) is 6.61 Å². The SMILES string of the molecule is O=C(NCC1(C(=O)N2CC3CCC(C2)C3C(=O)O)CC1)OCC1c2ccccc2-c2ccccc21. The molecule has 182 valence electrons. The van der Waals surface area contributed by atoms with E-state index >= 15 is 0 Å². The zero-order chi connectivity index (χ0) is 24.2. The van der Waals surface area contributed by atoms with Crippen molar-refractivity contribution in [2.75, 3.05) is 26.2 Å². The van der Waals surface area contributed by atoms with Crippen LogP contribution in [0.4, 0.5) is 4.79 Å². The van der Waals surface area contributed by atoms with E-state index in [1.165, 1.54) is 11.1 Å². The number of fused-ring (bicyclic) bond motifs is 5. The Hall–Kier alpha value is -3.35. The number of nitrogens with zero attached hydrogens (tertiary/aromatic N) is 1. The number of ether oxygens (including phenoxy) is 1. The molecule has 2 unspecified atom stereocenters. The maximum absolute atomic E-state index is 13.3. The highest BCUT2D eigenvalue weighted by molar-refractivity contribution is 5.87. The van der Waals surface area contributed by atoms with E-state index in [1.54, 1.807) is 0 Å². The first-order valence-corrected chi connectivity index (χ1v) is 12.6. The standard InChI is InChI=1S/C28H30N2O5/c31-25(32)24-17-9-10-18(24)14-30(13-17)26(33)28(11-12-28)16-29-27(34)35-15-23-21-7-3-1-5-19(21)20-6-2-4-8-22(20)23/h1-8,17-18,23-24H,9-16H2,(H,29,34)(H,31,32). The molecule has 35 heavy (non-hydrogen) atoms. The van der Waals surface area contributed by atoms with E-state index in [0.717, 1.165) is 36.8 Å². The Kier molecular flexibility index (Phi) is 5.31. The van der Waals surface area contributed by atoms with Crippen molar-refractivity contribution in [3.05, 3.63) is 59.7 Å². The van der Waals surface area contributed by atoms with E-state index in [-0.39, 0.29) is 42.7 Å². The number of amides is 2. The maximum atomic E-state index is 13.3. The number of alkyl carbamates (subject to hydrolysis) is 1. The monoisotopic (exact) mass is 474 g/mol. The number of carboxylic acids is 1. The second-order valence-corrected chi connectivity index (χ2v) is 10.6. The molecule has 2 amide bonds. The lowest BCUT2D eigenvalue weighted by Gasteiger charge is -2.38. The fourth-order valence-electron chi connectivity index (χ4n) is 6.64. The fourth-order valence-corrected chi connectivity index (χ4v) is 6.64. The smallest absolute Gasteiger partial charge is 0.407 e. The first-order valence-electron chi connectivity index (χ1n) is 12.6. The molecule has 6 rings (SSSR count). The van der Waals surface area contributed by atoms with Crippen LogP contribution in [0, 0.1) is 23.2 Å². The van der Waals surface area contributed by atoms with Crippen LogP contribution in [0.2, 0.25) is 0 Å². The number of piperidine rings is 1. The van der Waals surface area contributed by atoms with Crippen LogP contribution < -0.4 is 5.32 Å². The summed E-state index contributed by atoms with van der Waals surface area (Å²) in [5.41, 5.74) is 4.12. The highest BCUT2D eigenvalue weighted by Gasteiger charge is 2.55. The van der Waals surface area contributed by atoms with Crippen molar-refractivity contribution >= 4 is 18.0 Å². The third-order valence-electron chi connectivity index (χ3n) is 8.63. The number of carboxylic acid groups (broad SMARTS) is 1. The first kappa shape index (κ1) is 22.1. The van der Waals surface area contributed by atoms with Gasteiger partial charge >= 0.3 is 12.1 Å². The number of likely N-dealkylation sites (tertiary alicyclic amines) is 1. The number of aliphatic carboxylic acids is 1. The van der Waals surface area contributed by atoms with Gasteiger partial charge in [-0.3, -0.25) is 9.59 Å². The van der Waals surface area contributed by atoms with Crippen LogP contribution in [0.15, 0.2) is 48.5 Å². The molecule has 2 aromatic rings. The summed E-state index contributed by atoms with van der Waals surface area (Å²) in [6, 6.07) is 16.4. The summed E-state index contributed by atoms with van der Waals surface area (Å²) in [7, 11) is 0. The van der Waals surface area contributed by atoms with E-state index in [1.807, 2.05) is 29.2 Å². The zero-order valence-corrected chi connectivity index (χ0v) is 19.6. The van der Waals surface area contributed by atoms with Crippen LogP contribution in [0.25, 0.3) is 11.1 Å². The number of hydrogen-bond donors (Lipinski definition) is 2. The molecule has 7 heteroatoms. The molecule has 1 saturated heterocycles. The minimum absolute atomic E-state index is 0.00401. The quantitative estimate of drug-likeness (QED) is 0.663. The van der Waals surface area contributed by atoms with Crippen LogP contribution in [-0.4, -0.2) is 54.2 Å². The Morgan fingerprint density at radius 2 is 1.51 bits per heavy atom. The number of carbonyl (C=O) groups excluding carboxylic acids is 2. The van der Waals surface area contributed by atoms with E-state index in [4.69, 9.17) is 4.74 Å². The van der Waals surface area contributed by atoms with Gasteiger partial charge < -0.3 is 20.1 Å². The van der Waals surface area contributed by atoms with Crippen molar-refractivity contribution in [2.45, 2.75) is 31.6 Å². The Morgan fingerprint density at radius 1 is 0.943 bits per heavy atom. The average Bonchev–Trinajstić information content (AvgIpc) is 3.53. The summed E-state index contributed by atoms with van der Waals surface area (Å²) in [5, 5.41) is 12.4. The van der Waals surface area contributed by atoms with Gasteiger partial charge in [-0.05, 0) is 59.8 Å². The largest absolute Gasteiger partial charge is 0.481 e. The van der Waals surface area contributed by atoms with Crippen LogP contribution in [0.5, 0.6) is 0 Å². The fraction of sp³-hybridized carbons (Fsp3) is 0.464. The molecular formula is C28H30N2O5. The van der Waals surface area contributed by atoms with E-state index in [9.17, 15) is 19.5 Å². The second-order valence-electron chi connectivity index (χ2n) is 10.6.